The summed E-state index contributed by atoms with van der Waals surface area (Å²) < 4.78 is 28.1. The maximum absolute atomic E-state index is 11.3. The number of hydrogen-bond donors (Lipinski definition) is 0. The van der Waals surface area contributed by atoms with Crippen molar-refractivity contribution in [3.8, 4) is 5.75 Å². The third-order valence-corrected chi connectivity index (χ3v) is 5.24. The maximum Gasteiger partial charge on any atom is 0.262 e. The summed E-state index contributed by atoms with van der Waals surface area (Å²) in [5.74, 6) is 0.786. The third kappa shape index (κ3) is 4.42. The van der Waals surface area contributed by atoms with Crippen LogP contribution in [-0.4, -0.2) is 15.0 Å². The molecule has 108 valence electrons. The topological polar surface area (TPSA) is 43.4 Å². The predicted octanol–water partition coefficient (Wildman–Crippen LogP) is 4.74. The minimum absolute atomic E-state index is 0.0642. The lowest BCUT2D eigenvalue weighted by atomic mass is 10.1. The van der Waals surface area contributed by atoms with Crippen molar-refractivity contribution in [3.63, 3.8) is 0 Å². The molecule has 1 aromatic rings. The molecule has 0 amide bonds. The summed E-state index contributed by atoms with van der Waals surface area (Å²) in [6.07, 6.45) is 1.99. The molecule has 1 rings (SSSR count). The molecule has 0 aromatic heterocycles. The zero-order chi connectivity index (χ0) is 14.6. The average Bonchev–Trinajstić information content (AvgIpc) is 2.34. The first-order chi connectivity index (χ1) is 8.81. The monoisotopic (exact) mass is 344 g/mol. The second kappa shape index (κ2) is 7.02. The van der Waals surface area contributed by atoms with Crippen LogP contribution >= 0.6 is 33.9 Å². The minimum atomic E-state index is -3.91. The maximum atomic E-state index is 11.3. The summed E-state index contributed by atoms with van der Waals surface area (Å²) in [5.41, 5.74) is 0. The van der Waals surface area contributed by atoms with Crippen LogP contribution in [0.1, 0.15) is 26.7 Å². The van der Waals surface area contributed by atoms with E-state index in [2.05, 4.69) is 13.8 Å². The van der Waals surface area contributed by atoms with E-state index in [4.69, 9.17) is 38.6 Å². The summed E-state index contributed by atoms with van der Waals surface area (Å²) in [6, 6.07) is 2.75. The first-order valence-electron chi connectivity index (χ1n) is 5.86. The van der Waals surface area contributed by atoms with Gasteiger partial charge in [-0.15, -0.1) is 0 Å². The Morgan fingerprint density at radius 1 is 1.16 bits per heavy atom. The Kier molecular flexibility index (Phi) is 6.24. The number of rotatable bonds is 6. The van der Waals surface area contributed by atoms with E-state index in [1.54, 1.807) is 0 Å². The molecule has 19 heavy (non-hydrogen) atoms. The van der Waals surface area contributed by atoms with Gasteiger partial charge in [-0.1, -0.05) is 49.9 Å². The fraction of sp³-hybridized carbons (Fsp3) is 0.500. The predicted molar refractivity (Wildman–Crippen MR) is 79.1 cm³/mol. The van der Waals surface area contributed by atoms with Gasteiger partial charge >= 0.3 is 0 Å². The van der Waals surface area contributed by atoms with Gasteiger partial charge in [-0.25, -0.2) is 8.42 Å². The number of benzene rings is 1. The van der Waals surface area contributed by atoms with Crippen LogP contribution in [0.4, 0.5) is 0 Å². The van der Waals surface area contributed by atoms with Crippen molar-refractivity contribution >= 4 is 42.9 Å². The molecule has 0 radical (unpaired) electrons. The molecule has 0 heterocycles. The standard InChI is InChI=1S/C12H15Cl3O3S/c1-3-8(4-2)7-18-9-5-6-10(19(15,16)17)12(14)11(9)13/h5-6,8H,3-4,7H2,1-2H3. The van der Waals surface area contributed by atoms with Gasteiger partial charge < -0.3 is 4.74 Å². The SMILES string of the molecule is CCC(CC)COc1ccc(S(=O)(=O)Cl)c(Cl)c1Cl. The highest BCUT2D eigenvalue weighted by Crippen LogP contribution is 2.38. The highest BCUT2D eigenvalue weighted by Gasteiger charge is 2.20. The molecule has 0 atom stereocenters. The average molecular weight is 346 g/mol. The Hall–Kier alpha value is -0.160. The number of hydrogen-bond acceptors (Lipinski definition) is 3. The first kappa shape index (κ1) is 16.9. The molecule has 0 fully saturated rings. The van der Waals surface area contributed by atoms with Crippen molar-refractivity contribution in [3.05, 3.63) is 22.2 Å². The molecular weight excluding hydrogens is 331 g/mol. The molecule has 0 aliphatic heterocycles. The summed E-state index contributed by atoms with van der Waals surface area (Å²) in [4.78, 5) is -0.212. The Bertz CT molecular complexity index is 539. The van der Waals surface area contributed by atoms with Crippen LogP contribution in [-0.2, 0) is 9.05 Å². The smallest absolute Gasteiger partial charge is 0.262 e. The van der Waals surface area contributed by atoms with Crippen molar-refractivity contribution in [1.29, 1.82) is 0 Å². The minimum Gasteiger partial charge on any atom is -0.492 e. The zero-order valence-corrected chi connectivity index (χ0v) is 13.7. The Labute approximate surface area is 128 Å². The fourth-order valence-electron chi connectivity index (χ4n) is 1.55. The van der Waals surface area contributed by atoms with Crippen LogP contribution in [0.2, 0.25) is 10.0 Å². The van der Waals surface area contributed by atoms with E-state index in [0.29, 0.717) is 18.3 Å². The first-order valence-corrected chi connectivity index (χ1v) is 8.93. The lowest BCUT2D eigenvalue weighted by molar-refractivity contribution is 0.240. The lowest BCUT2D eigenvalue weighted by Gasteiger charge is -2.15. The molecule has 3 nitrogen and oxygen atoms in total. The molecule has 0 aliphatic carbocycles. The van der Waals surface area contributed by atoms with Crippen molar-refractivity contribution in [1.82, 2.24) is 0 Å². The van der Waals surface area contributed by atoms with Gasteiger partial charge in [0.15, 0.2) is 0 Å². The number of ether oxygens (including phenoxy) is 1. The van der Waals surface area contributed by atoms with Gasteiger partial charge in [0.2, 0.25) is 0 Å². The quantitative estimate of drug-likeness (QED) is 0.700. The third-order valence-electron chi connectivity index (χ3n) is 2.90. The van der Waals surface area contributed by atoms with Gasteiger partial charge in [0.05, 0.1) is 11.6 Å². The lowest BCUT2D eigenvalue weighted by Crippen LogP contribution is -2.10. The second-order valence-electron chi connectivity index (χ2n) is 4.12. The van der Waals surface area contributed by atoms with Crippen molar-refractivity contribution in [2.75, 3.05) is 6.61 Å². The fourth-order valence-corrected chi connectivity index (χ4v) is 3.33. The van der Waals surface area contributed by atoms with Gasteiger partial charge in [0.1, 0.15) is 15.7 Å². The Balaban J connectivity index is 2.98. The molecule has 0 spiro atoms. The van der Waals surface area contributed by atoms with E-state index < -0.39 is 9.05 Å². The molecule has 0 aliphatic rings. The Morgan fingerprint density at radius 3 is 2.21 bits per heavy atom. The van der Waals surface area contributed by atoms with E-state index in [-0.39, 0.29) is 14.9 Å². The summed E-state index contributed by atoms with van der Waals surface area (Å²) in [7, 11) is 1.34. The van der Waals surface area contributed by atoms with E-state index >= 15 is 0 Å². The van der Waals surface area contributed by atoms with Crippen LogP contribution in [0, 0.1) is 5.92 Å². The van der Waals surface area contributed by atoms with Crippen molar-refractivity contribution in [2.45, 2.75) is 31.6 Å². The molecule has 0 bridgehead atoms. The van der Waals surface area contributed by atoms with Crippen LogP contribution in [0.15, 0.2) is 17.0 Å². The van der Waals surface area contributed by atoms with E-state index in [0.717, 1.165) is 12.8 Å². The van der Waals surface area contributed by atoms with Gasteiger partial charge in [-0.05, 0) is 18.1 Å². The molecule has 1 aromatic carbocycles. The van der Waals surface area contributed by atoms with E-state index in [9.17, 15) is 8.42 Å². The van der Waals surface area contributed by atoms with Crippen LogP contribution in [0.25, 0.3) is 0 Å². The second-order valence-corrected chi connectivity index (χ2v) is 7.41. The highest BCUT2D eigenvalue weighted by atomic mass is 35.7. The van der Waals surface area contributed by atoms with Crippen LogP contribution in [0.3, 0.4) is 0 Å². The van der Waals surface area contributed by atoms with E-state index in [1.165, 1.54) is 12.1 Å². The molecule has 0 saturated heterocycles. The molecule has 0 saturated carbocycles. The Morgan fingerprint density at radius 2 is 1.74 bits per heavy atom. The summed E-state index contributed by atoms with van der Waals surface area (Å²) >= 11 is 11.9. The zero-order valence-electron chi connectivity index (χ0n) is 10.6. The van der Waals surface area contributed by atoms with Gasteiger partial charge in [-0.3, -0.25) is 0 Å². The number of halogens is 3. The van der Waals surface area contributed by atoms with Crippen molar-refractivity contribution < 1.29 is 13.2 Å². The van der Waals surface area contributed by atoms with Gasteiger partial charge in [-0.2, -0.15) is 0 Å². The molecule has 0 N–H and O–H groups in total. The van der Waals surface area contributed by atoms with Crippen LogP contribution < -0.4 is 4.74 Å². The summed E-state index contributed by atoms with van der Waals surface area (Å²) in [6.45, 7) is 4.67. The normalized spacial score (nSPS) is 11.9. The molecular formula is C12H15Cl3O3S. The van der Waals surface area contributed by atoms with Crippen molar-refractivity contribution in [2.24, 2.45) is 5.92 Å². The highest BCUT2D eigenvalue weighted by molar-refractivity contribution is 8.13. The van der Waals surface area contributed by atoms with E-state index in [1.807, 2.05) is 0 Å². The largest absolute Gasteiger partial charge is 0.492 e. The summed E-state index contributed by atoms with van der Waals surface area (Å²) in [5, 5.41) is -0.0481. The molecule has 7 heteroatoms. The molecule has 0 unspecified atom stereocenters. The van der Waals surface area contributed by atoms with Gasteiger partial charge in [0, 0.05) is 10.7 Å². The van der Waals surface area contributed by atoms with Crippen LogP contribution in [0.5, 0.6) is 5.75 Å². The van der Waals surface area contributed by atoms with Gasteiger partial charge in [0.25, 0.3) is 9.05 Å².